The Morgan fingerprint density at radius 2 is 1.90 bits per heavy atom. The van der Waals surface area contributed by atoms with Crippen molar-refractivity contribution in [1.82, 2.24) is 0 Å². The first-order valence-corrected chi connectivity index (χ1v) is 6.98. The molecule has 0 saturated carbocycles. The Balaban J connectivity index is 1.99. The minimum atomic E-state index is -0.341. The van der Waals surface area contributed by atoms with E-state index in [4.69, 9.17) is 9.47 Å². The van der Waals surface area contributed by atoms with E-state index < -0.39 is 0 Å². The van der Waals surface area contributed by atoms with Crippen LogP contribution in [-0.4, -0.2) is 13.1 Å². The van der Waals surface area contributed by atoms with Crippen molar-refractivity contribution < 1.29 is 14.3 Å². The van der Waals surface area contributed by atoms with E-state index in [1.165, 1.54) is 7.11 Å². The standard InChI is InChI=1S/C16H15BrO3/c1-19-16(18)15-8-3-2-6-13(15)11-20-10-12-5-4-7-14(17)9-12/h2-9H,10-11H2,1H3. The van der Waals surface area contributed by atoms with E-state index in [2.05, 4.69) is 15.9 Å². The van der Waals surface area contributed by atoms with Crippen molar-refractivity contribution in [3.8, 4) is 0 Å². The van der Waals surface area contributed by atoms with E-state index in [0.29, 0.717) is 18.8 Å². The van der Waals surface area contributed by atoms with Gasteiger partial charge in [-0.15, -0.1) is 0 Å². The van der Waals surface area contributed by atoms with Gasteiger partial charge in [0.25, 0.3) is 0 Å². The molecule has 0 bridgehead atoms. The molecule has 2 aromatic rings. The molecule has 0 saturated heterocycles. The van der Waals surface area contributed by atoms with Crippen molar-refractivity contribution in [2.75, 3.05) is 7.11 Å². The summed E-state index contributed by atoms with van der Waals surface area (Å²) in [5, 5.41) is 0. The average molecular weight is 335 g/mol. The molecule has 104 valence electrons. The summed E-state index contributed by atoms with van der Waals surface area (Å²) in [7, 11) is 1.38. The van der Waals surface area contributed by atoms with Crippen LogP contribution in [-0.2, 0) is 22.7 Å². The first kappa shape index (κ1) is 14.8. The number of halogens is 1. The van der Waals surface area contributed by atoms with Gasteiger partial charge in [-0.25, -0.2) is 4.79 Å². The molecule has 0 amide bonds. The van der Waals surface area contributed by atoms with Crippen LogP contribution in [0.25, 0.3) is 0 Å². The van der Waals surface area contributed by atoms with Crippen LogP contribution in [0.15, 0.2) is 53.0 Å². The average Bonchev–Trinajstić information content (AvgIpc) is 2.47. The highest BCUT2D eigenvalue weighted by Gasteiger charge is 2.10. The van der Waals surface area contributed by atoms with Gasteiger partial charge in [-0.05, 0) is 29.3 Å². The molecule has 0 radical (unpaired) electrons. The molecule has 0 unspecified atom stereocenters. The maximum absolute atomic E-state index is 11.6. The van der Waals surface area contributed by atoms with Gasteiger partial charge < -0.3 is 9.47 Å². The third kappa shape index (κ3) is 3.92. The van der Waals surface area contributed by atoms with E-state index in [9.17, 15) is 4.79 Å². The van der Waals surface area contributed by atoms with Crippen LogP contribution >= 0.6 is 15.9 Å². The molecular formula is C16H15BrO3. The number of carbonyl (C=O) groups is 1. The summed E-state index contributed by atoms with van der Waals surface area (Å²) in [5.41, 5.74) is 2.45. The topological polar surface area (TPSA) is 35.5 Å². The molecule has 0 fully saturated rings. The number of methoxy groups -OCH3 is 1. The molecule has 20 heavy (non-hydrogen) atoms. The normalized spacial score (nSPS) is 10.3. The van der Waals surface area contributed by atoms with E-state index >= 15 is 0 Å². The van der Waals surface area contributed by atoms with Crippen molar-refractivity contribution >= 4 is 21.9 Å². The summed E-state index contributed by atoms with van der Waals surface area (Å²) in [4.78, 5) is 11.6. The Bertz CT molecular complexity index is 596. The van der Waals surface area contributed by atoms with Crippen molar-refractivity contribution in [3.63, 3.8) is 0 Å². The monoisotopic (exact) mass is 334 g/mol. The summed E-state index contributed by atoms with van der Waals surface area (Å²) >= 11 is 3.42. The number of esters is 1. The lowest BCUT2D eigenvalue weighted by Gasteiger charge is -2.09. The van der Waals surface area contributed by atoms with Crippen LogP contribution in [0.1, 0.15) is 21.5 Å². The third-order valence-corrected chi connectivity index (χ3v) is 3.33. The Kier molecular flexibility index (Phi) is 5.32. The number of carbonyl (C=O) groups excluding carboxylic acids is 1. The summed E-state index contributed by atoms with van der Waals surface area (Å²) in [5.74, 6) is -0.341. The number of hydrogen-bond acceptors (Lipinski definition) is 3. The van der Waals surface area contributed by atoms with Crippen molar-refractivity contribution in [1.29, 1.82) is 0 Å². The second-order valence-corrected chi connectivity index (χ2v) is 5.19. The lowest BCUT2D eigenvalue weighted by molar-refractivity contribution is 0.0590. The van der Waals surface area contributed by atoms with Crippen LogP contribution in [0.5, 0.6) is 0 Å². The summed E-state index contributed by atoms with van der Waals surface area (Å²) in [6.45, 7) is 0.868. The first-order valence-electron chi connectivity index (χ1n) is 6.19. The van der Waals surface area contributed by atoms with E-state index in [1.807, 2.05) is 42.5 Å². The smallest absolute Gasteiger partial charge is 0.338 e. The van der Waals surface area contributed by atoms with Crippen LogP contribution in [0, 0.1) is 0 Å². The largest absolute Gasteiger partial charge is 0.465 e. The van der Waals surface area contributed by atoms with Gasteiger partial charge in [-0.1, -0.05) is 46.3 Å². The molecule has 2 aromatic carbocycles. The van der Waals surface area contributed by atoms with Crippen molar-refractivity contribution in [3.05, 3.63) is 69.7 Å². The summed E-state index contributed by atoms with van der Waals surface area (Å²) in [6.07, 6.45) is 0. The van der Waals surface area contributed by atoms with Gasteiger partial charge in [-0.2, -0.15) is 0 Å². The van der Waals surface area contributed by atoms with Gasteiger partial charge >= 0.3 is 5.97 Å². The minimum Gasteiger partial charge on any atom is -0.465 e. The van der Waals surface area contributed by atoms with Crippen LogP contribution in [0.2, 0.25) is 0 Å². The summed E-state index contributed by atoms with van der Waals surface area (Å²) < 4.78 is 11.4. The summed E-state index contributed by atoms with van der Waals surface area (Å²) in [6, 6.07) is 15.2. The zero-order valence-corrected chi connectivity index (χ0v) is 12.7. The number of hydrogen-bond donors (Lipinski definition) is 0. The lowest BCUT2D eigenvalue weighted by atomic mass is 10.1. The predicted molar refractivity (Wildman–Crippen MR) is 80.4 cm³/mol. The van der Waals surface area contributed by atoms with E-state index in [0.717, 1.165) is 15.6 Å². The fraction of sp³-hybridized carbons (Fsp3) is 0.188. The Morgan fingerprint density at radius 3 is 2.65 bits per heavy atom. The molecule has 0 atom stereocenters. The molecular weight excluding hydrogens is 320 g/mol. The Morgan fingerprint density at radius 1 is 1.10 bits per heavy atom. The molecule has 0 aliphatic rings. The number of ether oxygens (including phenoxy) is 2. The number of rotatable bonds is 5. The highest BCUT2D eigenvalue weighted by molar-refractivity contribution is 9.10. The van der Waals surface area contributed by atoms with Gasteiger partial charge in [0.15, 0.2) is 0 Å². The molecule has 0 N–H and O–H groups in total. The Labute approximate surface area is 126 Å². The van der Waals surface area contributed by atoms with Crippen molar-refractivity contribution in [2.24, 2.45) is 0 Å². The van der Waals surface area contributed by atoms with E-state index in [-0.39, 0.29) is 5.97 Å². The zero-order chi connectivity index (χ0) is 14.4. The van der Waals surface area contributed by atoms with Crippen LogP contribution < -0.4 is 0 Å². The highest BCUT2D eigenvalue weighted by atomic mass is 79.9. The molecule has 4 heteroatoms. The zero-order valence-electron chi connectivity index (χ0n) is 11.1. The molecule has 0 heterocycles. The van der Waals surface area contributed by atoms with E-state index in [1.54, 1.807) is 6.07 Å². The fourth-order valence-electron chi connectivity index (χ4n) is 1.86. The van der Waals surface area contributed by atoms with Gasteiger partial charge in [0.05, 0.1) is 25.9 Å². The van der Waals surface area contributed by atoms with Crippen LogP contribution in [0.3, 0.4) is 0 Å². The maximum Gasteiger partial charge on any atom is 0.338 e. The first-order chi connectivity index (χ1) is 9.70. The molecule has 0 aromatic heterocycles. The minimum absolute atomic E-state index is 0.341. The quantitative estimate of drug-likeness (QED) is 0.776. The second kappa shape index (κ2) is 7.22. The highest BCUT2D eigenvalue weighted by Crippen LogP contribution is 2.15. The Hall–Kier alpha value is -1.65. The third-order valence-electron chi connectivity index (χ3n) is 2.84. The molecule has 0 aliphatic heterocycles. The maximum atomic E-state index is 11.6. The van der Waals surface area contributed by atoms with Gasteiger partial charge in [0.2, 0.25) is 0 Å². The molecule has 0 spiro atoms. The second-order valence-electron chi connectivity index (χ2n) is 4.27. The van der Waals surface area contributed by atoms with Crippen LogP contribution in [0.4, 0.5) is 0 Å². The SMILES string of the molecule is COC(=O)c1ccccc1COCc1cccc(Br)c1. The van der Waals surface area contributed by atoms with Crippen molar-refractivity contribution in [2.45, 2.75) is 13.2 Å². The molecule has 0 aliphatic carbocycles. The van der Waals surface area contributed by atoms with Gasteiger partial charge in [0.1, 0.15) is 0 Å². The number of benzene rings is 2. The molecule has 2 rings (SSSR count). The molecule has 3 nitrogen and oxygen atoms in total. The van der Waals surface area contributed by atoms with Gasteiger partial charge in [0, 0.05) is 4.47 Å². The van der Waals surface area contributed by atoms with Gasteiger partial charge in [-0.3, -0.25) is 0 Å². The fourth-order valence-corrected chi connectivity index (χ4v) is 2.31. The lowest BCUT2D eigenvalue weighted by Crippen LogP contribution is -2.06. The predicted octanol–water partition coefficient (Wildman–Crippen LogP) is 3.95.